The summed E-state index contributed by atoms with van der Waals surface area (Å²) >= 11 is 7.49. The molecule has 0 fully saturated rings. The lowest BCUT2D eigenvalue weighted by molar-refractivity contribution is 0.0954. The smallest absolute Gasteiger partial charge is 0.252 e. The Morgan fingerprint density at radius 3 is 2.76 bits per heavy atom. The van der Waals surface area contributed by atoms with E-state index in [1.54, 1.807) is 30.5 Å². The maximum Gasteiger partial charge on any atom is 0.252 e. The number of amides is 1. The van der Waals surface area contributed by atoms with E-state index in [1.807, 2.05) is 29.6 Å². The first-order chi connectivity index (χ1) is 14.1. The molecule has 0 unspecified atom stereocenters. The van der Waals surface area contributed by atoms with Gasteiger partial charge in [0.2, 0.25) is 11.7 Å². The number of hydrogen-bond donors (Lipinski definition) is 1. The second-order valence-electron chi connectivity index (χ2n) is 6.24. The highest BCUT2D eigenvalue weighted by Gasteiger charge is 2.12. The molecule has 0 bridgehead atoms. The largest absolute Gasteiger partial charge is 0.352 e. The van der Waals surface area contributed by atoms with Crippen LogP contribution in [0, 0.1) is 6.92 Å². The van der Waals surface area contributed by atoms with E-state index in [0.717, 1.165) is 16.3 Å². The first-order valence-electron chi connectivity index (χ1n) is 8.83. The van der Waals surface area contributed by atoms with Crippen LogP contribution in [0.3, 0.4) is 0 Å². The molecule has 0 radical (unpaired) electrons. The molecule has 0 atom stereocenters. The fourth-order valence-electron chi connectivity index (χ4n) is 2.67. The number of hydrogen-bond acceptors (Lipinski definition) is 7. The van der Waals surface area contributed by atoms with Gasteiger partial charge < -0.3 is 9.84 Å². The Hall–Kier alpha value is -3.10. The molecule has 4 rings (SSSR count). The zero-order chi connectivity index (χ0) is 20.2. The van der Waals surface area contributed by atoms with Crippen LogP contribution in [0.5, 0.6) is 0 Å². The monoisotopic (exact) mass is 425 g/mol. The zero-order valence-corrected chi connectivity index (χ0v) is 17.0. The maximum atomic E-state index is 12.4. The number of pyridine rings is 1. The first-order valence-corrected chi connectivity index (χ1v) is 10.1. The van der Waals surface area contributed by atoms with E-state index in [1.165, 1.54) is 6.20 Å². The van der Waals surface area contributed by atoms with Crippen molar-refractivity contribution in [3.8, 4) is 22.6 Å². The third-order valence-corrected chi connectivity index (χ3v) is 5.26. The maximum absolute atomic E-state index is 12.4. The van der Waals surface area contributed by atoms with Gasteiger partial charge in [0.05, 0.1) is 16.3 Å². The van der Waals surface area contributed by atoms with Gasteiger partial charge in [0, 0.05) is 53.8 Å². The summed E-state index contributed by atoms with van der Waals surface area (Å²) in [4.78, 5) is 25.3. The molecule has 1 N–H and O–H groups in total. The zero-order valence-electron chi connectivity index (χ0n) is 15.4. The van der Waals surface area contributed by atoms with Crippen LogP contribution in [-0.2, 0) is 6.42 Å². The highest BCUT2D eigenvalue weighted by molar-refractivity contribution is 7.09. The molecule has 0 spiro atoms. The lowest BCUT2D eigenvalue weighted by Gasteiger charge is -2.04. The molecule has 0 aliphatic rings. The lowest BCUT2D eigenvalue weighted by atomic mass is 10.2. The number of rotatable bonds is 6. The van der Waals surface area contributed by atoms with Crippen molar-refractivity contribution in [1.82, 2.24) is 25.4 Å². The standard InChI is InChI=1S/C20H16ClN5O2S/c1-12-24-19(26-28-12)14-8-15(10-22-9-14)20(27)23-7-6-18-25-17(11-29-18)13-2-4-16(21)5-3-13/h2-5,8-11H,6-7H2,1H3,(H,23,27). The molecule has 0 aliphatic carbocycles. The minimum absolute atomic E-state index is 0.214. The number of aryl methyl sites for hydroxylation is 1. The van der Waals surface area contributed by atoms with Gasteiger partial charge in [-0.3, -0.25) is 9.78 Å². The van der Waals surface area contributed by atoms with Crippen molar-refractivity contribution in [1.29, 1.82) is 0 Å². The molecule has 29 heavy (non-hydrogen) atoms. The van der Waals surface area contributed by atoms with Crippen molar-refractivity contribution in [2.24, 2.45) is 0 Å². The van der Waals surface area contributed by atoms with Gasteiger partial charge in [-0.25, -0.2) is 4.98 Å². The van der Waals surface area contributed by atoms with Gasteiger partial charge in [0.1, 0.15) is 0 Å². The third-order valence-electron chi connectivity index (χ3n) is 4.10. The summed E-state index contributed by atoms with van der Waals surface area (Å²) in [7, 11) is 0. The van der Waals surface area contributed by atoms with E-state index in [2.05, 4.69) is 25.4 Å². The molecule has 7 nitrogen and oxygen atoms in total. The number of benzene rings is 1. The Balaban J connectivity index is 1.35. The average Bonchev–Trinajstić information content (AvgIpc) is 3.38. The molecule has 0 saturated carbocycles. The van der Waals surface area contributed by atoms with Crippen molar-refractivity contribution < 1.29 is 9.32 Å². The number of nitrogens with zero attached hydrogens (tertiary/aromatic N) is 4. The van der Waals surface area contributed by atoms with E-state index < -0.39 is 0 Å². The normalized spacial score (nSPS) is 10.8. The summed E-state index contributed by atoms with van der Waals surface area (Å²) in [5.74, 6) is 0.646. The van der Waals surface area contributed by atoms with Crippen LogP contribution in [0.25, 0.3) is 22.6 Å². The molecule has 0 saturated heterocycles. The van der Waals surface area contributed by atoms with E-state index in [4.69, 9.17) is 16.1 Å². The van der Waals surface area contributed by atoms with Gasteiger partial charge in [0.25, 0.3) is 5.91 Å². The number of carbonyl (C=O) groups is 1. The number of halogens is 1. The second-order valence-corrected chi connectivity index (χ2v) is 7.62. The van der Waals surface area contributed by atoms with Gasteiger partial charge in [-0.1, -0.05) is 28.9 Å². The number of carbonyl (C=O) groups excluding carboxylic acids is 1. The van der Waals surface area contributed by atoms with Crippen molar-refractivity contribution in [2.75, 3.05) is 6.54 Å². The van der Waals surface area contributed by atoms with Gasteiger partial charge in [0.15, 0.2) is 0 Å². The van der Waals surface area contributed by atoms with E-state index >= 15 is 0 Å². The quantitative estimate of drug-likeness (QED) is 0.497. The van der Waals surface area contributed by atoms with Crippen LogP contribution in [-0.4, -0.2) is 32.6 Å². The summed E-state index contributed by atoms with van der Waals surface area (Å²) < 4.78 is 4.97. The summed E-state index contributed by atoms with van der Waals surface area (Å²) in [5.41, 5.74) is 2.98. The predicted molar refractivity (Wildman–Crippen MR) is 111 cm³/mol. The molecule has 1 amide bonds. The van der Waals surface area contributed by atoms with Gasteiger partial charge in [-0.15, -0.1) is 11.3 Å². The summed E-state index contributed by atoms with van der Waals surface area (Å²) in [6.07, 6.45) is 3.74. The van der Waals surface area contributed by atoms with Gasteiger partial charge >= 0.3 is 0 Å². The molecule has 3 aromatic heterocycles. The van der Waals surface area contributed by atoms with Crippen LogP contribution in [0.2, 0.25) is 5.02 Å². The minimum atomic E-state index is -0.214. The Kier molecular flexibility index (Phi) is 5.64. The molecular formula is C20H16ClN5O2S. The second kappa shape index (κ2) is 8.50. The number of nitrogens with one attached hydrogen (secondary N) is 1. The molecule has 0 aliphatic heterocycles. The average molecular weight is 426 g/mol. The van der Waals surface area contributed by atoms with Crippen molar-refractivity contribution in [3.63, 3.8) is 0 Å². The number of aromatic nitrogens is 4. The first kappa shape index (κ1) is 19.2. The molecule has 9 heteroatoms. The van der Waals surface area contributed by atoms with Gasteiger partial charge in [-0.05, 0) is 18.2 Å². The Morgan fingerprint density at radius 1 is 1.17 bits per heavy atom. The van der Waals surface area contributed by atoms with E-state index in [0.29, 0.717) is 40.8 Å². The highest BCUT2D eigenvalue weighted by atomic mass is 35.5. The topological polar surface area (TPSA) is 93.8 Å². The Bertz CT molecular complexity index is 1140. The van der Waals surface area contributed by atoms with Gasteiger partial charge in [-0.2, -0.15) is 4.98 Å². The van der Waals surface area contributed by atoms with Crippen LogP contribution in [0.15, 0.2) is 52.6 Å². The van der Waals surface area contributed by atoms with Crippen molar-refractivity contribution >= 4 is 28.8 Å². The lowest BCUT2D eigenvalue weighted by Crippen LogP contribution is -2.25. The van der Waals surface area contributed by atoms with E-state index in [9.17, 15) is 4.79 Å². The number of thiazole rings is 1. The van der Waals surface area contributed by atoms with Crippen LogP contribution in [0.1, 0.15) is 21.3 Å². The summed E-state index contributed by atoms with van der Waals surface area (Å²) in [5, 5.41) is 10.4. The van der Waals surface area contributed by atoms with Crippen LogP contribution < -0.4 is 5.32 Å². The summed E-state index contributed by atoms with van der Waals surface area (Å²) in [6, 6.07) is 9.25. The minimum Gasteiger partial charge on any atom is -0.352 e. The molecule has 4 aromatic rings. The molecular weight excluding hydrogens is 410 g/mol. The SMILES string of the molecule is Cc1nc(-c2cncc(C(=O)NCCc3nc(-c4ccc(Cl)cc4)cs3)c2)no1. The highest BCUT2D eigenvalue weighted by Crippen LogP contribution is 2.23. The van der Waals surface area contributed by atoms with Crippen molar-refractivity contribution in [3.05, 3.63) is 69.6 Å². The molecule has 146 valence electrons. The Labute approximate surface area is 175 Å². The van der Waals surface area contributed by atoms with Crippen molar-refractivity contribution in [2.45, 2.75) is 13.3 Å². The fourth-order valence-corrected chi connectivity index (χ4v) is 3.60. The molecule has 1 aromatic carbocycles. The van der Waals surface area contributed by atoms with E-state index in [-0.39, 0.29) is 5.91 Å². The Morgan fingerprint density at radius 2 is 2.00 bits per heavy atom. The predicted octanol–water partition coefficient (Wildman–Crippen LogP) is 4.19. The fraction of sp³-hybridized carbons (Fsp3) is 0.150. The van der Waals surface area contributed by atoms with Crippen LogP contribution >= 0.6 is 22.9 Å². The summed E-state index contributed by atoms with van der Waals surface area (Å²) in [6.45, 7) is 2.18. The third kappa shape index (κ3) is 4.67. The van der Waals surface area contributed by atoms with Crippen LogP contribution in [0.4, 0.5) is 0 Å². The molecule has 3 heterocycles.